The average Bonchev–Trinajstić information content (AvgIpc) is 1.71. The highest BCUT2D eigenvalue weighted by molar-refractivity contribution is 5.01. The van der Waals surface area contributed by atoms with Gasteiger partial charge < -0.3 is 0 Å². The molecule has 0 N–H and O–H groups in total. The topological polar surface area (TPSA) is 23.8 Å². The summed E-state index contributed by atoms with van der Waals surface area (Å²) in [6.45, 7) is 91.9. The number of nitriles is 1. The van der Waals surface area contributed by atoms with E-state index in [-0.39, 0.29) is 14.9 Å². The molecular weight excluding hydrogens is 1260 g/mol. The van der Waals surface area contributed by atoms with Gasteiger partial charge in [0.15, 0.2) is 0 Å². The molecule has 0 aliphatic heterocycles. The van der Waals surface area contributed by atoms with Crippen molar-refractivity contribution in [2.75, 3.05) is 0 Å². The predicted molar refractivity (Wildman–Crippen MR) is 487 cm³/mol. The maximum Gasteiger partial charge on any atom is 0.0624 e. The standard InChI is InChI=1S/3C12H24.2C11H22.2C10H20.C9H18.C8H18.C7H13N.2CH4/c1-5-12(10(2)3)8-6-11(4)7-9-12;1-5-12(10(2)3)8-6-7-11(4)9-12;1-5-12(10(2)3)9-7-6-8-11(12)4;1-5-11(9(2)3)7-6-10(4)8-11;1-5-11(9(2)3)8-6-7-10(11)4;1-5-10(8(2)3)6-9(4)7-10;1-5-10(8(2)3)7-6-9(10)4;1-5-9(7(2)3)6-8(9)4;1-5-8(6-2)7(3)4;1-6(2)7(3)4-5-8;;/h3*10-11H,5-9H2,1-4H3;2*9-10H,5-8H2,1-4H3;2*8-9H,5-7H2,1-4H3;7-8H,5-6H2,1-4H3;7-8H,5-6H2,1-4H3;6-7H,4H2,1-3H3;2*1H4. The smallest absolute Gasteiger partial charge is 0.0624 e. The highest BCUT2D eigenvalue weighted by Gasteiger charge is 2.51. The van der Waals surface area contributed by atoms with Gasteiger partial charge in [0.2, 0.25) is 0 Å². The molecule has 0 radical (unpaired) electrons. The van der Waals surface area contributed by atoms with Crippen LogP contribution >= 0.6 is 0 Å². The van der Waals surface area contributed by atoms with Crippen molar-refractivity contribution < 1.29 is 0 Å². The molecule has 8 aliphatic rings. The van der Waals surface area contributed by atoms with E-state index in [4.69, 9.17) is 5.26 Å². The minimum absolute atomic E-state index is 0. The summed E-state index contributed by atoms with van der Waals surface area (Å²) in [5.74, 6) is 18.0. The van der Waals surface area contributed by atoms with E-state index in [0.29, 0.717) is 45.3 Å². The second-order valence-corrected chi connectivity index (χ2v) is 42.1. The summed E-state index contributed by atoms with van der Waals surface area (Å²) in [6, 6.07) is 2.15. The molecule has 13 atom stereocenters. The Bertz CT molecular complexity index is 2080. The Morgan fingerprint density at radius 3 is 0.762 bits per heavy atom. The van der Waals surface area contributed by atoms with Crippen molar-refractivity contribution >= 4 is 0 Å². The highest BCUT2D eigenvalue weighted by atomic mass is 14.6. The van der Waals surface area contributed by atoms with Crippen molar-refractivity contribution in [3.8, 4) is 6.07 Å². The van der Waals surface area contributed by atoms with Crippen molar-refractivity contribution in [1.82, 2.24) is 0 Å². The molecule has 634 valence electrons. The van der Waals surface area contributed by atoms with Crippen molar-refractivity contribution in [2.45, 2.75) is 503 Å². The molecule has 0 bridgehead atoms. The van der Waals surface area contributed by atoms with E-state index >= 15 is 0 Å². The summed E-state index contributed by atoms with van der Waals surface area (Å²) >= 11 is 0. The van der Waals surface area contributed by atoms with Gasteiger partial charge in [-0.25, -0.2) is 0 Å². The molecule has 0 heterocycles. The second-order valence-electron chi connectivity index (χ2n) is 42.1. The highest BCUT2D eigenvalue weighted by Crippen LogP contribution is 2.60. The third kappa shape index (κ3) is 33.1. The maximum atomic E-state index is 8.24. The molecule has 1 nitrogen and oxygen atoms in total. The van der Waals surface area contributed by atoms with Gasteiger partial charge in [0.25, 0.3) is 0 Å². The SMILES string of the molecule is C.C.CC(C)C(C)CC#N.CCC(CC)C(C)C.CCC1(C(C)C)CC(C)C1.CCC1(C(C)C)CC1C.CCC1(C(C)C)CCC(C)C1.CCC1(C(C)C)CCC(C)CC1.CCC1(C(C)C)CCC1C.CCC1(C(C)C)CCCC(C)C1.CCC1(C(C)C)CCCC1C.CCC1(C(C)C)CCCCC1C. The van der Waals surface area contributed by atoms with Crippen LogP contribution in [-0.2, 0) is 0 Å². The summed E-state index contributed by atoms with van der Waals surface area (Å²) in [5.41, 5.74) is 5.68. The molecule has 8 aliphatic carbocycles. The van der Waals surface area contributed by atoms with Crippen LogP contribution in [0.1, 0.15) is 503 Å². The van der Waals surface area contributed by atoms with Gasteiger partial charge in [-0.05, 0) is 271 Å². The van der Waals surface area contributed by atoms with Gasteiger partial charge in [0.05, 0.1) is 6.07 Å². The zero-order valence-electron chi connectivity index (χ0n) is 79.5. The van der Waals surface area contributed by atoms with E-state index in [9.17, 15) is 0 Å². The fourth-order valence-electron chi connectivity index (χ4n) is 23.5. The third-order valence-corrected chi connectivity index (χ3v) is 34.6. The van der Waals surface area contributed by atoms with Gasteiger partial charge in [-0.3, -0.25) is 0 Å². The molecule has 8 saturated carbocycles. The molecule has 8 fully saturated rings. The van der Waals surface area contributed by atoms with E-state index in [0.717, 1.165) is 123 Å². The summed E-state index contributed by atoms with van der Waals surface area (Å²) in [6.07, 6.45) is 48.2. The van der Waals surface area contributed by atoms with E-state index < -0.39 is 0 Å². The van der Waals surface area contributed by atoms with Crippen LogP contribution in [0.5, 0.6) is 0 Å². The first kappa shape index (κ1) is 111. The van der Waals surface area contributed by atoms with Crippen LogP contribution in [0.25, 0.3) is 0 Å². The fourth-order valence-corrected chi connectivity index (χ4v) is 23.5. The van der Waals surface area contributed by atoms with Crippen molar-refractivity contribution in [2.24, 2.45) is 162 Å². The van der Waals surface area contributed by atoms with Crippen LogP contribution in [0.15, 0.2) is 0 Å². The lowest BCUT2D eigenvalue weighted by molar-refractivity contribution is -0.0110. The molecule has 0 aromatic carbocycles. The monoisotopic (exact) mass is 1480 g/mol. The third-order valence-electron chi connectivity index (χ3n) is 34.6. The maximum absolute atomic E-state index is 8.24. The Hall–Kier alpha value is -0.510. The van der Waals surface area contributed by atoms with Crippen LogP contribution in [0.2, 0.25) is 0 Å². The minimum Gasteiger partial charge on any atom is -0.198 e. The number of nitrogens with zero attached hydrogens (tertiary/aromatic N) is 1. The Balaban J connectivity index is -0.000000540. The fraction of sp³-hybridized carbons (Fsp3) is 0.990. The Morgan fingerprint density at radius 1 is 0.276 bits per heavy atom. The number of hydrogen-bond acceptors (Lipinski definition) is 1. The summed E-state index contributed by atoms with van der Waals surface area (Å²) in [4.78, 5) is 0. The first-order valence-corrected chi connectivity index (χ1v) is 47.2. The Kier molecular flexibility index (Phi) is 56.5. The normalized spacial score (nSPS) is 33.9. The first-order chi connectivity index (χ1) is 47.8. The molecule has 0 amide bonds. The lowest BCUT2D eigenvalue weighted by atomic mass is 9.54. The average molecular weight is 1480 g/mol. The predicted octanol–water partition coefficient (Wildman–Crippen LogP) is 37.0. The molecule has 105 heavy (non-hydrogen) atoms. The summed E-state index contributed by atoms with van der Waals surface area (Å²) < 4.78 is 0. The van der Waals surface area contributed by atoms with Crippen LogP contribution in [0.4, 0.5) is 0 Å². The first-order valence-electron chi connectivity index (χ1n) is 47.2. The minimum atomic E-state index is 0. The van der Waals surface area contributed by atoms with Crippen LogP contribution < -0.4 is 0 Å². The number of rotatable bonds is 21. The van der Waals surface area contributed by atoms with Gasteiger partial charge in [-0.2, -0.15) is 5.26 Å². The molecular formula is C104H213N. The van der Waals surface area contributed by atoms with Crippen LogP contribution in [0, 0.1) is 173 Å². The lowest BCUT2D eigenvalue weighted by Crippen LogP contribution is -2.42. The van der Waals surface area contributed by atoms with Gasteiger partial charge >= 0.3 is 0 Å². The molecule has 13 unspecified atom stereocenters. The summed E-state index contributed by atoms with van der Waals surface area (Å²) in [7, 11) is 0. The largest absolute Gasteiger partial charge is 0.198 e. The van der Waals surface area contributed by atoms with E-state index in [1.54, 1.807) is 0 Å². The van der Waals surface area contributed by atoms with Crippen molar-refractivity contribution in [1.29, 1.82) is 5.26 Å². The van der Waals surface area contributed by atoms with Gasteiger partial charge in [-0.15, -0.1) is 0 Å². The molecule has 0 saturated heterocycles. The quantitative estimate of drug-likeness (QED) is 0.112. The van der Waals surface area contributed by atoms with Crippen LogP contribution in [-0.4, -0.2) is 0 Å². The van der Waals surface area contributed by atoms with Gasteiger partial charge in [0, 0.05) is 6.42 Å². The van der Waals surface area contributed by atoms with E-state index in [1.807, 2.05) is 0 Å². The van der Waals surface area contributed by atoms with Gasteiger partial charge in [0.1, 0.15) is 0 Å². The lowest BCUT2D eigenvalue weighted by Gasteiger charge is -2.51. The number of hydrogen-bond donors (Lipinski definition) is 0. The molecule has 0 aromatic heterocycles. The molecule has 8 rings (SSSR count). The van der Waals surface area contributed by atoms with E-state index in [1.165, 1.54) is 212 Å². The van der Waals surface area contributed by atoms with Crippen molar-refractivity contribution in [3.05, 3.63) is 0 Å². The zero-order chi connectivity index (χ0) is 80.3. The summed E-state index contributed by atoms with van der Waals surface area (Å²) in [5, 5.41) is 8.24. The molecule has 1 heteroatoms. The van der Waals surface area contributed by atoms with Crippen LogP contribution in [0.3, 0.4) is 0 Å². The Morgan fingerprint density at radius 2 is 0.590 bits per heavy atom. The zero-order valence-corrected chi connectivity index (χ0v) is 79.5. The second kappa shape index (κ2) is 53.5. The molecule has 0 aromatic rings. The van der Waals surface area contributed by atoms with E-state index in [2.05, 4.69) is 276 Å². The Labute approximate surface area is 672 Å². The van der Waals surface area contributed by atoms with Crippen molar-refractivity contribution in [3.63, 3.8) is 0 Å². The van der Waals surface area contributed by atoms with Gasteiger partial charge in [-0.1, -0.05) is 388 Å². The molecule has 0 spiro atoms.